The Morgan fingerprint density at radius 1 is 1.42 bits per heavy atom. The van der Waals surface area contributed by atoms with Crippen LogP contribution in [0.1, 0.15) is 45.1 Å². The highest BCUT2D eigenvalue weighted by molar-refractivity contribution is 5.68. The van der Waals surface area contributed by atoms with Gasteiger partial charge >= 0.3 is 6.09 Å². The molecule has 1 aromatic carbocycles. The molecule has 1 aliphatic rings. The van der Waals surface area contributed by atoms with Crippen LogP contribution < -0.4 is 5.32 Å². The van der Waals surface area contributed by atoms with E-state index in [1.54, 1.807) is 11.0 Å². The van der Waals surface area contributed by atoms with Crippen LogP contribution in [-0.4, -0.2) is 43.3 Å². The molecule has 1 amide bonds. The molecule has 0 saturated carbocycles. The van der Waals surface area contributed by atoms with E-state index in [2.05, 4.69) is 5.32 Å². The van der Waals surface area contributed by atoms with Crippen molar-refractivity contribution in [2.24, 2.45) is 5.92 Å². The first-order chi connectivity index (χ1) is 11.3. The Labute approximate surface area is 144 Å². The number of hydrogen-bond donors (Lipinski definition) is 1. The van der Waals surface area contributed by atoms with E-state index in [1.165, 1.54) is 6.07 Å². The van der Waals surface area contributed by atoms with Gasteiger partial charge in [0.25, 0.3) is 0 Å². The number of nitrogens with one attached hydrogen (secondary N) is 1. The molecule has 0 aromatic heterocycles. The summed E-state index contributed by atoms with van der Waals surface area (Å²) in [6.45, 7) is 7.61. The van der Waals surface area contributed by atoms with Gasteiger partial charge in [-0.3, -0.25) is 0 Å². The zero-order valence-electron chi connectivity index (χ0n) is 15.1. The van der Waals surface area contributed by atoms with Gasteiger partial charge in [0.15, 0.2) is 0 Å². The first kappa shape index (κ1) is 18.7. The number of nitrogens with zero attached hydrogens (tertiary/aromatic N) is 1. The third-order valence-electron chi connectivity index (χ3n) is 4.41. The van der Waals surface area contributed by atoms with Crippen molar-refractivity contribution >= 4 is 6.09 Å². The van der Waals surface area contributed by atoms with Crippen molar-refractivity contribution in [3.63, 3.8) is 0 Å². The first-order valence-electron chi connectivity index (χ1n) is 8.69. The van der Waals surface area contributed by atoms with E-state index in [1.807, 2.05) is 40.0 Å². The van der Waals surface area contributed by atoms with Crippen LogP contribution in [0, 0.1) is 11.7 Å². The van der Waals surface area contributed by atoms with Crippen molar-refractivity contribution in [3.8, 4) is 0 Å². The quantitative estimate of drug-likeness (QED) is 0.910. The lowest BCUT2D eigenvalue weighted by atomic mass is 9.80. The summed E-state index contributed by atoms with van der Waals surface area (Å²) in [4.78, 5) is 14.1. The Hall–Kier alpha value is -1.62. The molecule has 5 heteroatoms. The van der Waals surface area contributed by atoms with Crippen LogP contribution in [0.3, 0.4) is 0 Å². The van der Waals surface area contributed by atoms with Crippen LogP contribution in [-0.2, 0) is 4.74 Å². The number of rotatable bonds is 4. The first-order valence-corrected chi connectivity index (χ1v) is 8.69. The average molecular weight is 336 g/mol. The zero-order valence-corrected chi connectivity index (χ0v) is 15.1. The maximum atomic E-state index is 14.3. The van der Waals surface area contributed by atoms with Gasteiger partial charge < -0.3 is 15.0 Å². The van der Waals surface area contributed by atoms with Crippen molar-refractivity contribution in [1.82, 2.24) is 10.2 Å². The lowest BCUT2D eigenvalue weighted by molar-refractivity contribution is 0.0150. The van der Waals surface area contributed by atoms with Crippen LogP contribution in [0.5, 0.6) is 0 Å². The van der Waals surface area contributed by atoms with E-state index < -0.39 is 5.60 Å². The molecule has 1 N–H and O–H groups in total. The number of piperidine rings is 1. The van der Waals surface area contributed by atoms with Gasteiger partial charge in [-0.25, -0.2) is 9.18 Å². The minimum Gasteiger partial charge on any atom is -0.444 e. The van der Waals surface area contributed by atoms with Crippen LogP contribution in [0.15, 0.2) is 24.3 Å². The highest BCUT2D eigenvalue weighted by Gasteiger charge is 2.33. The monoisotopic (exact) mass is 336 g/mol. The molecule has 2 unspecified atom stereocenters. The van der Waals surface area contributed by atoms with Gasteiger partial charge in [0, 0.05) is 25.6 Å². The fourth-order valence-corrected chi connectivity index (χ4v) is 3.36. The third kappa shape index (κ3) is 4.94. The molecule has 0 radical (unpaired) electrons. The van der Waals surface area contributed by atoms with E-state index in [0.717, 1.165) is 18.4 Å². The number of likely N-dealkylation sites (N-methyl/N-ethyl adjacent to an activating group) is 1. The molecule has 0 bridgehead atoms. The van der Waals surface area contributed by atoms with Gasteiger partial charge in [-0.2, -0.15) is 0 Å². The molecule has 1 aromatic rings. The number of likely N-dealkylation sites (tertiary alicyclic amines) is 1. The summed E-state index contributed by atoms with van der Waals surface area (Å²) in [5, 5.41) is 3.17. The van der Waals surface area contributed by atoms with Gasteiger partial charge in [-0.1, -0.05) is 18.2 Å². The second-order valence-corrected chi connectivity index (χ2v) is 7.51. The van der Waals surface area contributed by atoms with E-state index in [0.29, 0.717) is 19.6 Å². The van der Waals surface area contributed by atoms with Crippen molar-refractivity contribution in [1.29, 1.82) is 0 Å². The molecule has 1 aliphatic heterocycles. The van der Waals surface area contributed by atoms with Crippen molar-refractivity contribution < 1.29 is 13.9 Å². The normalized spacial score (nSPS) is 19.9. The average Bonchev–Trinajstić information content (AvgIpc) is 2.52. The number of carbonyl (C=O) groups excluding carboxylic acids is 1. The Morgan fingerprint density at radius 3 is 2.75 bits per heavy atom. The zero-order chi connectivity index (χ0) is 17.7. The minimum absolute atomic E-state index is 0.0430. The van der Waals surface area contributed by atoms with Gasteiger partial charge in [0.05, 0.1) is 0 Å². The third-order valence-corrected chi connectivity index (χ3v) is 4.41. The Bertz CT molecular complexity index is 557. The second-order valence-electron chi connectivity index (χ2n) is 7.51. The summed E-state index contributed by atoms with van der Waals surface area (Å²) in [6.07, 6.45) is 1.63. The van der Waals surface area contributed by atoms with Crippen LogP contribution in [0.4, 0.5) is 9.18 Å². The topological polar surface area (TPSA) is 41.6 Å². The maximum Gasteiger partial charge on any atom is 0.410 e. The summed E-state index contributed by atoms with van der Waals surface area (Å²) < 4.78 is 19.8. The van der Waals surface area contributed by atoms with Gasteiger partial charge in [0.2, 0.25) is 0 Å². The predicted molar refractivity (Wildman–Crippen MR) is 93.6 cm³/mol. The standard InChI is InChI=1S/C19H29FN2O2/c1-19(2,3)24-18(23)22-11-7-8-14(13-22)16(12-21-4)15-9-5-6-10-17(15)20/h5-6,9-10,14,16,21H,7-8,11-13H2,1-4H3. The highest BCUT2D eigenvalue weighted by Crippen LogP contribution is 2.33. The van der Waals surface area contributed by atoms with Gasteiger partial charge in [-0.15, -0.1) is 0 Å². The fourth-order valence-electron chi connectivity index (χ4n) is 3.36. The Morgan fingerprint density at radius 2 is 2.12 bits per heavy atom. The summed E-state index contributed by atoms with van der Waals surface area (Å²) in [5.41, 5.74) is 0.225. The predicted octanol–water partition coefficient (Wildman–Crippen LogP) is 3.78. The molecule has 2 atom stereocenters. The Balaban J connectivity index is 2.13. The second kappa shape index (κ2) is 7.97. The number of amides is 1. The summed E-state index contributed by atoms with van der Waals surface area (Å²) >= 11 is 0. The van der Waals surface area contributed by atoms with E-state index in [9.17, 15) is 9.18 Å². The molecule has 1 saturated heterocycles. The molecule has 1 heterocycles. The van der Waals surface area contributed by atoms with Crippen LogP contribution in [0.25, 0.3) is 0 Å². The minimum atomic E-state index is -0.500. The summed E-state index contributed by atoms with van der Waals surface area (Å²) in [7, 11) is 1.88. The Kier molecular flexibility index (Phi) is 6.21. The number of benzene rings is 1. The van der Waals surface area contributed by atoms with Crippen LogP contribution >= 0.6 is 0 Å². The molecule has 134 valence electrons. The summed E-state index contributed by atoms with van der Waals surface area (Å²) in [6, 6.07) is 6.94. The lowest BCUT2D eigenvalue weighted by Gasteiger charge is -2.38. The molecule has 0 aliphatic carbocycles. The molecular weight excluding hydrogens is 307 g/mol. The fraction of sp³-hybridized carbons (Fsp3) is 0.632. The van der Waals surface area contributed by atoms with Crippen molar-refractivity contribution in [3.05, 3.63) is 35.6 Å². The van der Waals surface area contributed by atoms with Gasteiger partial charge in [-0.05, 0) is 58.2 Å². The molecule has 24 heavy (non-hydrogen) atoms. The van der Waals surface area contributed by atoms with Gasteiger partial charge in [0.1, 0.15) is 11.4 Å². The smallest absolute Gasteiger partial charge is 0.410 e. The SMILES string of the molecule is CNCC(c1ccccc1F)C1CCCN(C(=O)OC(C)(C)C)C1. The highest BCUT2D eigenvalue weighted by atomic mass is 19.1. The molecule has 0 spiro atoms. The number of halogens is 1. The number of ether oxygens (including phenoxy) is 1. The van der Waals surface area contributed by atoms with E-state index in [-0.39, 0.29) is 23.7 Å². The van der Waals surface area contributed by atoms with E-state index in [4.69, 9.17) is 4.74 Å². The molecule has 2 rings (SSSR count). The van der Waals surface area contributed by atoms with Crippen molar-refractivity contribution in [2.45, 2.75) is 45.1 Å². The number of hydrogen-bond acceptors (Lipinski definition) is 3. The largest absolute Gasteiger partial charge is 0.444 e. The van der Waals surface area contributed by atoms with E-state index >= 15 is 0 Å². The maximum absolute atomic E-state index is 14.3. The van der Waals surface area contributed by atoms with Crippen LogP contribution in [0.2, 0.25) is 0 Å². The molecule has 4 nitrogen and oxygen atoms in total. The number of carbonyl (C=O) groups is 1. The van der Waals surface area contributed by atoms with Crippen molar-refractivity contribution in [2.75, 3.05) is 26.7 Å². The molecule has 1 fully saturated rings. The lowest BCUT2D eigenvalue weighted by Crippen LogP contribution is -2.45. The molecular formula is C19H29FN2O2. The summed E-state index contributed by atoms with van der Waals surface area (Å²) in [5.74, 6) is 0.0872.